The van der Waals surface area contributed by atoms with Gasteiger partial charge >= 0.3 is 5.97 Å². The summed E-state index contributed by atoms with van der Waals surface area (Å²) in [5, 5.41) is 25.4. The number of ketones is 1. The summed E-state index contributed by atoms with van der Waals surface area (Å²) >= 11 is 6.55. The van der Waals surface area contributed by atoms with Gasteiger partial charge < -0.3 is 34.9 Å². The molecule has 0 aliphatic carbocycles. The summed E-state index contributed by atoms with van der Waals surface area (Å²) in [5.41, 5.74) is -1.03. The molecule has 22 heteroatoms. The number of nitrogens with zero attached hydrogens (tertiary/aromatic N) is 3. The molecule has 1 atom stereocenters. The van der Waals surface area contributed by atoms with Crippen LogP contribution in [0.3, 0.4) is 0 Å². The highest BCUT2D eigenvalue weighted by atomic mass is 35.5. The highest BCUT2D eigenvalue weighted by molar-refractivity contribution is 7.92. The first kappa shape index (κ1) is 58.6. The lowest BCUT2D eigenvalue weighted by Gasteiger charge is -2.30. The van der Waals surface area contributed by atoms with Crippen molar-refractivity contribution in [3.63, 3.8) is 0 Å². The lowest BCUT2D eigenvalue weighted by molar-refractivity contribution is -0.140. The summed E-state index contributed by atoms with van der Waals surface area (Å²) in [6.07, 6.45) is 10.6. The van der Waals surface area contributed by atoms with E-state index in [0.717, 1.165) is 44.1 Å². The second-order valence-electron chi connectivity index (χ2n) is 19.4. The van der Waals surface area contributed by atoms with Crippen molar-refractivity contribution < 1.29 is 59.9 Å². The first-order valence-corrected chi connectivity index (χ1v) is 28.8. The van der Waals surface area contributed by atoms with Gasteiger partial charge in [-0.25, -0.2) is 13.2 Å². The van der Waals surface area contributed by atoms with E-state index < -0.39 is 65.9 Å². The number of carbonyl (C=O) groups excluding carboxylic acids is 4. The van der Waals surface area contributed by atoms with Crippen molar-refractivity contribution in [3.8, 4) is 11.5 Å². The van der Waals surface area contributed by atoms with Gasteiger partial charge in [-0.2, -0.15) is 13.5 Å². The quantitative estimate of drug-likeness (QED) is 0.0120. The van der Waals surface area contributed by atoms with Crippen LogP contribution in [-0.2, 0) is 39.2 Å². The van der Waals surface area contributed by atoms with E-state index in [-0.39, 0.29) is 73.4 Å². The van der Waals surface area contributed by atoms with Crippen LogP contribution in [0.15, 0.2) is 100 Å². The molecule has 0 spiro atoms. The lowest BCUT2D eigenvalue weighted by Crippen LogP contribution is -2.45. The third-order valence-corrected chi connectivity index (χ3v) is 14.0. The molecular formula is C54H65ClN6O13S2. The zero-order chi connectivity index (χ0) is 55.2. The van der Waals surface area contributed by atoms with Crippen molar-refractivity contribution in [2.45, 2.75) is 103 Å². The van der Waals surface area contributed by atoms with Crippen molar-refractivity contribution >= 4 is 100 Å². The molecule has 1 aliphatic heterocycles. The Morgan fingerprint density at radius 2 is 1.47 bits per heavy atom. The van der Waals surface area contributed by atoms with E-state index in [1.54, 1.807) is 25.7 Å². The molecule has 1 heterocycles. The Balaban J connectivity index is 1.19. The van der Waals surface area contributed by atoms with Gasteiger partial charge in [-0.05, 0) is 67.1 Å². The Hall–Kier alpha value is -6.65. The number of benzene rings is 5. The van der Waals surface area contributed by atoms with Crippen molar-refractivity contribution in [3.05, 3.63) is 101 Å². The van der Waals surface area contributed by atoms with E-state index in [0.29, 0.717) is 26.3 Å². The smallest absolute Gasteiger partial charge is 0.338 e. The van der Waals surface area contributed by atoms with E-state index in [9.17, 15) is 45.7 Å². The number of halogens is 1. The molecule has 5 aromatic rings. The average Bonchev–Trinajstić information content (AvgIpc) is 3.37. The van der Waals surface area contributed by atoms with Crippen LogP contribution in [0.4, 0.5) is 34.1 Å². The number of nitrogens with one attached hydrogen (secondary N) is 3. The molecule has 5 aromatic carbocycles. The van der Waals surface area contributed by atoms with Crippen molar-refractivity contribution in [2.24, 2.45) is 15.6 Å². The fourth-order valence-electron chi connectivity index (χ4n) is 8.31. The van der Waals surface area contributed by atoms with Gasteiger partial charge in [-0.15, -0.1) is 5.11 Å². The zero-order valence-corrected chi connectivity index (χ0v) is 45.6. The number of Topliss-reactive ketones (excluding diaryl/α,β-unsaturated/α-hetero) is 1. The average molecular weight is 1110 g/mol. The van der Waals surface area contributed by atoms with Crippen LogP contribution in [0.2, 0.25) is 5.02 Å². The number of azo groups is 1. The normalized spacial score (nSPS) is 13.6. The zero-order valence-electron chi connectivity index (χ0n) is 43.2. The number of unbranched alkanes of at least 4 members (excludes halogenated alkanes) is 9. The highest BCUT2D eigenvalue weighted by Crippen LogP contribution is 2.42. The number of carbonyl (C=O) groups is 4. The maximum absolute atomic E-state index is 14.1. The van der Waals surface area contributed by atoms with E-state index in [4.69, 9.17) is 25.8 Å². The van der Waals surface area contributed by atoms with Gasteiger partial charge in [0, 0.05) is 41.0 Å². The third-order valence-electron chi connectivity index (χ3n) is 12.3. The number of phenolic OH excluding ortho intramolecular Hbond substituents is 1. The van der Waals surface area contributed by atoms with Crippen LogP contribution in [0.5, 0.6) is 11.5 Å². The number of fused-ring (bicyclic) bond motifs is 1. The molecule has 0 bridgehead atoms. The summed E-state index contributed by atoms with van der Waals surface area (Å²) in [7, 11) is -8.67. The summed E-state index contributed by atoms with van der Waals surface area (Å²) in [5.74, 6) is -3.51. The molecule has 0 saturated carbocycles. The van der Waals surface area contributed by atoms with Crippen LogP contribution < -0.4 is 25.0 Å². The van der Waals surface area contributed by atoms with E-state index in [2.05, 4.69) is 32.5 Å². The molecule has 6 rings (SSSR count). The lowest BCUT2D eigenvalue weighted by atomic mass is 9.87. The molecule has 5 N–H and O–H groups in total. The Labute approximate surface area is 448 Å². The monoisotopic (exact) mass is 1100 g/mol. The minimum absolute atomic E-state index is 0.0141. The number of phenols is 1. The van der Waals surface area contributed by atoms with Crippen LogP contribution >= 0.6 is 11.6 Å². The topological polar surface area (TPSA) is 269 Å². The molecule has 19 nitrogen and oxygen atoms in total. The van der Waals surface area contributed by atoms with Gasteiger partial charge in [0.15, 0.2) is 5.78 Å². The molecule has 0 aromatic heterocycles. The number of ether oxygens (including phenoxy) is 3. The highest BCUT2D eigenvalue weighted by Gasteiger charge is 2.37. The molecule has 0 radical (unpaired) electrons. The number of rotatable bonds is 25. The third kappa shape index (κ3) is 16.4. The molecule has 76 heavy (non-hydrogen) atoms. The van der Waals surface area contributed by atoms with Gasteiger partial charge in [-0.3, -0.25) is 23.7 Å². The first-order valence-electron chi connectivity index (χ1n) is 25.1. The Morgan fingerprint density at radius 1 is 0.803 bits per heavy atom. The molecule has 408 valence electrons. The van der Waals surface area contributed by atoms with Crippen molar-refractivity contribution in [2.75, 3.05) is 59.4 Å². The number of hydrogen-bond donors (Lipinski definition) is 5. The second kappa shape index (κ2) is 26.4. The van der Waals surface area contributed by atoms with Crippen LogP contribution in [-0.4, -0.2) is 95.3 Å². The van der Waals surface area contributed by atoms with Gasteiger partial charge in [0.05, 0.1) is 70.7 Å². The maximum Gasteiger partial charge on any atom is 0.338 e. The van der Waals surface area contributed by atoms with E-state index >= 15 is 0 Å². The number of sulfonamides is 1. The molecule has 1 fully saturated rings. The van der Waals surface area contributed by atoms with Crippen LogP contribution in [0.1, 0.15) is 113 Å². The number of aromatic hydroxyl groups is 1. The first-order chi connectivity index (χ1) is 36.0. The van der Waals surface area contributed by atoms with Crippen LogP contribution in [0.25, 0.3) is 10.8 Å². The predicted molar refractivity (Wildman–Crippen MR) is 293 cm³/mol. The fraction of sp³-hybridized carbons (Fsp3) is 0.407. The standard InChI is InChI=1S/C54H65ClN6O13S2/c1-6-7-8-9-10-11-12-13-14-15-28-73-53(66)35-22-24-42(41(55)31-35)57-52(65)49(50(63)54(2,3)4)74-38-19-16-18-36(32-38)56-51(64)40-34-44(47-39(48(40)62)20-17-21-43(47)60-75(5,67)68)59-58-37-23-25-45(46(33-37)76(69,70)71)61-26-29-72-30-27-61/h16-25,31-34,49,60,62H,6-15,26-30H2,1-5H3,(H,56,64)(H,57,65)(H,69,70,71). The minimum atomic E-state index is -4.76. The predicted octanol–water partition coefficient (Wildman–Crippen LogP) is 11.4. The summed E-state index contributed by atoms with van der Waals surface area (Å²) in [4.78, 5) is 56.0. The van der Waals surface area contributed by atoms with Gasteiger partial charge in [-0.1, -0.05) is 115 Å². The Bertz CT molecular complexity index is 3180. The largest absolute Gasteiger partial charge is 0.506 e. The van der Waals surface area contributed by atoms with Crippen LogP contribution in [0, 0.1) is 5.41 Å². The number of hydrogen-bond acceptors (Lipinski definition) is 15. The molecule has 2 amide bonds. The Kier molecular flexibility index (Phi) is 20.4. The molecule has 1 saturated heterocycles. The maximum atomic E-state index is 14.1. The van der Waals surface area contributed by atoms with Crippen molar-refractivity contribution in [1.82, 2.24) is 0 Å². The number of anilines is 4. The van der Waals surface area contributed by atoms with Gasteiger partial charge in [0.2, 0.25) is 16.1 Å². The van der Waals surface area contributed by atoms with Crippen molar-refractivity contribution in [1.29, 1.82) is 0 Å². The van der Waals surface area contributed by atoms with Gasteiger partial charge in [0.25, 0.3) is 21.9 Å². The summed E-state index contributed by atoms with van der Waals surface area (Å²) < 4.78 is 79.5. The fourth-order valence-corrected chi connectivity index (χ4v) is 9.84. The molecule has 1 unspecified atom stereocenters. The SMILES string of the molecule is CCCCCCCCCCCCOC(=O)c1ccc(NC(=O)C(Oc2cccc(NC(=O)c3cc(N=Nc4ccc(N5CCOCC5)c(S(=O)(=O)O)c4)c4c(NS(C)(=O)=O)cccc4c3O)c2)C(=O)C(C)(C)C)c(Cl)c1. The second-order valence-corrected chi connectivity index (χ2v) is 23.0. The minimum Gasteiger partial charge on any atom is -0.506 e. The van der Waals surface area contributed by atoms with E-state index in [1.807, 2.05) is 0 Å². The molecular weight excluding hydrogens is 1040 g/mol. The number of amides is 2. The number of morpholine rings is 1. The summed E-state index contributed by atoms with van der Waals surface area (Å²) in [6, 6.07) is 19.4. The number of esters is 1. The molecule has 1 aliphatic rings. The van der Waals surface area contributed by atoms with E-state index in [1.165, 1.54) is 111 Å². The Morgan fingerprint density at radius 3 is 2.12 bits per heavy atom. The summed E-state index contributed by atoms with van der Waals surface area (Å²) in [6.45, 7) is 8.71. The van der Waals surface area contributed by atoms with Gasteiger partial charge in [0.1, 0.15) is 16.4 Å².